The van der Waals surface area contributed by atoms with Crippen LogP contribution in [0.3, 0.4) is 0 Å². The van der Waals surface area contributed by atoms with E-state index in [9.17, 15) is 0 Å². The molecule has 1 unspecified atom stereocenters. The molecule has 0 saturated carbocycles. The lowest BCUT2D eigenvalue weighted by molar-refractivity contribution is 0.232. The fourth-order valence-corrected chi connectivity index (χ4v) is 2.23. The molecule has 84 valence electrons. The van der Waals surface area contributed by atoms with Crippen LogP contribution in [-0.2, 0) is 0 Å². The SMILES string of the molecule is Cc1ccc(N)c(OC(C)c2cccs2)c1. The van der Waals surface area contributed by atoms with Crippen LogP contribution < -0.4 is 10.5 Å². The van der Waals surface area contributed by atoms with Gasteiger partial charge in [-0.1, -0.05) is 12.1 Å². The molecule has 0 aliphatic heterocycles. The molecule has 0 radical (unpaired) electrons. The molecule has 1 atom stereocenters. The van der Waals surface area contributed by atoms with Gasteiger partial charge in [0, 0.05) is 4.88 Å². The Hall–Kier alpha value is -1.48. The molecular weight excluding hydrogens is 218 g/mol. The van der Waals surface area contributed by atoms with E-state index in [1.807, 2.05) is 38.1 Å². The quantitative estimate of drug-likeness (QED) is 0.819. The molecule has 2 aromatic rings. The molecule has 0 bridgehead atoms. The first kappa shape index (κ1) is 11.0. The minimum absolute atomic E-state index is 0.0455. The van der Waals surface area contributed by atoms with Gasteiger partial charge in [0.05, 0.1) is 5.69 Å². The Bertz CT molecular complexity index is 465. The van der Waals surface area contributed by atoms with Gasteiger partial charge in [-0.25, -0.2) is 0 Å². The molecule has 1 aromatic heterocycles. The smallest absolute Gasteiger partial charge is 0.143 e. The van der Waals surface area contributed by atoms with Crippen LogP contribution in [0.15, 0.2) is 35.7 Å². The van der Waals surface area contributed by atoms with Crippen LogP contribution in [0.25, 0.3) is 0 Å². The summed E-state index contributed by atoms with van der Waals surface area (Å²) < 4.78 is 5.86. The molecule has 2 rings (SSSR count). The topological polar surface area (TPSA) is 35.2 Å². The van der Waals surface area contributed by atoms with E-state index in [0.717, 1.165) is 11.3 Å². The van der Waals surface area contributed by atoms with Crippen LogP contribution >= 0.6 is 11.3 Å². The van der Waals surface area contributed by atoms with Crippen molar-refractivity contribution in [2.24, 2.45) is 0 Å². The minimum atomic E-state index is 0.0455. The number of aryl methyl sites for hydroxylation is 1. The van der Waals surface area contributed by atoms with Gasteiger partial charge in [-0.3, -0.25) is 0 Å². The summed E-state index contributed by atoms with van der Waals surface area (Å²) in [5, 5.41) is 2.05. The van der Waals surface area contributed by atoms with Crippen LogP contribution in [0.5, 0.6) is 5.75 Å². The van der Waals surface area contributed by atoms with Gasteiger partial charge in [-0.2, -0.15) is 0 Å². The van der Waals surface area contributed by atoms with Gasteiger partial charge in [0.1, 0.15) is 11.9 Å². The van der Waals surface area contributed by atoms with E-state index in [4.69, 9.17) is 10.5 Å². The highest BCUT2D eigenvalue weighted by molar-refractivity contribution is 7.10. The summed E-state index contributed by atoms with van der Waals surface area (Å²) in [4.78, 5) is 1.21. The van der Waals surface area contributed by atoms with Crippen LogP contribution in [-0.4, -0.2) is 0 Å². The van der Waals surface area contributed by atoms with Crippen LogP contribution in [0, 0.1) is 6.92 Å². The number of ether oxygens (including phenoxy) is 1. The van der Waals surface area contributed by atoms with Crippen molar-refractivity contribution in [1.82, 2.24) is 0 Å². The maximum atomic E-state index is 5.87. The molecule has 0 saturated heterocycles. The van der Waals surface area contributed by atoms with Crippen molar-refractivity contribution in [3.05, 3.63) is 46.2 Å². The molecule has 0 fully saturated rings. The third-order valence-corrected chi connectivity index (χ3v) is 3.45. The maximum Gasteiger partial charge on any atom is 0.143 e. The van der Waals surface area contributed by atoms with Crippen molar-refractivity contribution < 1.29 is 4.74 Å². The van der Waals surface area contributed by atoms with E-state index in [-0.39, 0.29) is 6.10 Å². The average molecular weight is 233 g/mol. The second-order valence-corrected chi connectivity index (χ2v) is 4.80. The largest absolute Gasteiger partial charge is 0.483 e. The highest BCUT2D eigenvalue weighted by Crippen LogP contribution is 2.29. The number of thiophene rings is 1. The molecule has 1 heterocycles. The summed E-state index contributed by atoms with van der Waals surface area (Å²) in [7, 11) is 0. The Balaban J connectivity index is 2.17. The molecule has 2 nitrogen and oxygen atoms in total. The monoisotopic (exact) mass is 233 g/mol. The van der Waals surface area contributed by atoms with E-state index >= 15 is 0 Å². The van der Waals surface area contributed by atoms with Gasteiger partial charge in [0.15, 0.2) is 0 Å². The maximum absolute atomic E-state index is 5.87. The normalized spacial score (nSPS) is 12.4. The van der Waals surface area contributed by atoms with Gasteiger partial charge in [0.25, 0.3) is 0 Å². The van der Waals surface area contributed by atoms with E-state index in [1.165, 1.54) is 4.88 Å². The van der Waals surface area contributed by atoms with Crippen molar-refractivity contribution in [3.8, 4) is 5.75 Å². The molecule has 0 aliphatic carbocycles. The molecule has 16 heavy (non-hydrogen) atoms. The molecule has 0 aliphatic rings. The van der Waals surface area contributed by atoms with Crippen LogP contribution in [0.2, 0.25) is 0 Å². The minimum Gasteiger partial charge on any atom is -0.483 e. The molecule has 3 heteroatoms. The summed E-state index contributed by atoms with van der Waals surface area (Å²) >= 11 is 1.69. The first-order valence-corrected chi connectivity index (χ1v) is 6.11. The molecule has 1 aromatic carbocycles. The number of hydrogen-bond acceptors (Lipinski definition) is 3. The van der Waals surface area contributed by atoms with Gasteiger partial charge >= 0.3 is 0 Å². The Morgan fingerprint density at radius 1 is 1.31 bits per heavy atom. The van der Waals surface area contributed by atoms with Gasteiger partial charge in [0.2, 0.25) is 0 Å². The van der Waals surface area contributed by atoms with Gasteiger partial charge < -0.3 is 10.5 Å². The van der Waals surface area contributed by atoms with Crippen molar-refractivity contribution in [3.63, 3.8) is 0 Å². The van der Waals surface area contributed by atoms with Crippen molar-refractivity contribution in [2.45, 2.75) is 20.0 Å². The fraction of sp³-hybridized carbons (Fsp3) is 0.231. The molecule has 2 N–H and O–H groups in total. The average Bonchev–Trinajstić information content (AvgIpc) is 2.76. The standard InChI is InChI=1S/C13H15NOS/c1-9-5-6-11(14)12(8-9)15-10(2)13-4-3-7-16-13/h3-8,10H,14H2,1-2H3. The lowest BCUT2D eigenvalue weighted by Gasteiger charge is -2.15. The number of nitrogens with two attached hydrogens (primary N) is 1. The third-order valence-electron chi connectivity index (χ3n) is 2.42. The number of rotatable bonds is 3. The van der Waals surface area contributed by atoms with Crippen LogP contribution in [0.4, 0.5) is 5.69 Å². The Kier molecular flexibility index (Phi) is 3.15. The van der Waals surface area contributed by atoms with E-state index in [0.29, 0.717) is 5.69 Å². The number of benzene rings is 1. The molecule has 0 spiro atoms. The van der Waals surface area contributed by atoms with E-state index in [1.54, 1.807) is 11.3 Å². The summed E-state index contributed by atoms with van der Waals surface area (Å²) in [5.41, 5.74) is 7.71. The first-order valence-electron chi connectivity index (χ1n) is 5.23. The van der Waals surface area contributed by atoms with E-state index < -0.39 is 0 Å². The highest BCUT2D eigenvalue weighted by atomic mass is 32.1. The Labute approximate surface area is 99.7 Å². The number of nitrogen functional groups attached to an aromatic ring is 1. The zero-order valence-electron chi connectivity index (χ0n) is 9.44. The third kappa shape index (κ3) is 2.36. The first-order chi connectivity index (χ1) is 7.66. The zero-order valence-corrected chi connectivity index (χ0v) is 10.3. The second-order valence-electron chi connectivity index (χ2n) is 3.82. The van der Waals surface area contributed by atoms with Crippen molar-refractivity contribution in [2.75, 3.05) is 5.73 Å². The molecular formula is C13H15NOS. The lowest BCUT2D eigenvalue weighted by atomic mass is 10.2. The summed E-state index contributed by atoms with van der Waals surface area (Å²) in [6.07, 6.45) is 0.0455. The Morgan fingerprint density at radius 3 is 2.81 bits per heavy atom. The highest BCUT2D eigenvalue weighted by Gasteiger charge is 2.10. The number of hydrogen-bond donors (Lipinski definition) is 1. The Morgan fingerprint density at radius 2 is 2.12 bits per heavy atom. The van der Waals surface area contributed by atoms with Crippen molar-refractivity contribution >= 4 is 17.0 Å². The van der Waals surface area contributed by atoms with Gasteiger partial charge in [-0.15, -0.1) is 11.3 Å². The summed E-state index contributed by atoms with van der Waals surface area (Å²) in [5.74, 6) is 0.765. The van der Waals surface area contributed by atoms with E-state index in [2.05, 4.69) is 11.4 Å². The fourth-order valence-electron chi connectivity index (χ4n) is 1.51. The van der Waals surface area contributed by atoms with Crippen LogP contribution in [0.1, 0.15) is 23.5 Å². The van der Waals surface area contributed by atoms with Gasteiger partial charge in [-0.05, 0) is 43.0 Å². The molecule has 0 amide bonds. The second kappa shape index (κ2) is 4.58. The predicted octanol–water partition coefficient (Wildman–Crippen LogP) is 3.78. The van der Waals surface area contributed by atoms with Crippen molar-refractivity contribution in [1.29, 1.82) is 0 Å². The zero-order chi connectivity index (χ0) is 11.5. The summed E-state index contributed by atoms with van der Waals surface area (Å²) in [6, 6.07) is 9.93. The lowest BCUT2D eigenvalue weighted by Crippen LogP contribution is -2.03. The predicted molar refractivity (Wildman–Crippen MR) is 69.0 cm³/mol. The summed E-state index contributed by atoms with van der Waals surface area (Å²) in [6.45, 7) is 4.07. The number of anilines is 1.